The van der Waals surface area contributed by atoms with E-state index in [2.05, 4.69) is 10.3 Å². The van der Waals surface area contributed by atoms with Gasteiger partial charge in [0.15, 0.2) is 0 Å². The van der Waals surface area contributed by atoms with Crippen LogP contribution in [0.3, 0.4) is 0 Å². The van der Waals surface area contributed by atoms with Gasteiger partial charge < -0.3 is 10.2 Å². The van der Waals surface area contributed by atoms with E-state index in [-0.39, 0.29) is 5.82 Å². The summed E-state index contributed by atoms with van der Waals surface area (Å²) in [7, 11) is 1.91. The van der Waals surface area contributed by atoms with E-state index < -0.39 is 0 Å². The Kier molecular flexibility index (Phi) is 4.47. The molecule has 1 aromatic heterocycles. The molecular weight excluding hydrogens is 241 g/mol. The average molecular weight is 259 g/mol. The van der Waals surface area contributed by atoms with Crippen molar-refractivity contribution in [2.24, 2.45) is 0 Å². The molecule has 0 aliphatic heterocycles. The monoisotopic (exact) mass is 259 g/mol. The molecule has 1 heterocycles. The first-order valence-corrected chi connectivity index (χ1v) is 6.37. The van der Waals surface area contributed by atoms with E-state index in [0.29, 0.717) is 0 Å². The van der Waals surface area contributed by atoms with Crippen LogP contribution >= 0.6 is 0 Å². The van der Waals surface area contributed by atoms with Gasteiger partial charge in [0.2, 0.25) is 0 Å². The third kappa shape index (κ3) is 3.29. The predicted molar refractivity (Wildman–Crippen MR) is 76.1 cm³/mol. The van der Waals surface area contributed by atoms with Crippen molar-refractivity contribution in [3.05, 3.63) is 54.0 Å². The van der Waals surface area contributed by atoms with Crippen molar-refractivity contribution in [2.75, 3.05) is 18.5 Å². The fourth-order valence-electron chi connectivity index (χ4n) is 1.98. The summed E-state index contributed by atoms with van der Waals surface area (Å²) in [5.74, 6) is 0.645. The molecule has 1 aromatic carbocycles. The number of nitrogens with one attached hydrogen (secondary N) is 1. The summed E-state index contributed by atoms with van der Waals surface area (Å²) in [6.07, 6.45) is 1.86. The Balaban J connectivity index is 2.23. The number of rotatable bonds is 5. The smallest absolute Gasteiger partial charge is 0.132 e. The maximum atomic E-state index is 13.0. The number of benzene rings is 1. The minimum Gasteiger partial charge on any atom is -0.327 e. The van der Waals surface area contributed by atoms with Gasteiger partial charge in [-0.1, -0.05) is 6.07 Å². The first kappa shape index (κ1) is 13.5. The second-order valence-electron chi connectivity index (χ2n) is 4.28. The van der Waals surface area contributed by atoms with Gasteiger partial charge in [-0.3, -0.25) is 0 Å². The number of hydrogen-bond donors (Lipinski definition) is 1. The molecule has 0 bridgehead atoms. The summed E-state index contributed by atoms with van der Waals surface area (Å²) in [6.45, 7) is 3.63. The largest absolute Gasteiger partial charge is 0.327 e. The lowest BCUT2D eigenvalue weighted by atomic mass is 10.2. The van der Waals surface area contributed by atoms with Gasteiger partial charge in [0.25, 0.3) is 0 Å². The zero-order chi connectivity index (χ0) is 13.7. The van der Waals surface area contributed by atoms with Crippen LogP contribution in [0.1, 0.15) is 12.5 Å². The molecule has 0 radical (unpaired) electrons. The first-order chi connectivity index (χ1) is 9.24. The highest BCUT2D eigenvalue weighted by atomic mass is 19.1. The van der Waals surface area contributed by atoms with E-state index in [1.165, 1.54) is 12.1 Å². The van der Waals surface area contributed by atoms with E-state index in [1.54, 1.807) is 12.1 Å². The lowest BCUT2D eigenvalue weighted by Crippen LogP contribution is -2.17. The summed E-state index contributed by atoms with van der Waals surface area (Å²) in [5, 5.41) is 3.09. The Morgan fingerprint density at radius 2 is 1.89 bits per heavy atom. The van der Waals surface area contributed by atoms with Crippen LogP contribution in [-0.4, -0.2) is 18.6 Å². The van der Waals surface area contributed by atoms with Gasteiger partial charge in [0.1, 0.15) is 11.6 Å². The average Bonchev–Trinajstić information content (AvgIpc) is 2.44. The van der Waals surface area contributed by atoms with E-state index in [9.17, 15) is 4.39 Å². The Hall–Kier alpha value is -1.94. The van der Waals surface area contributed by atoms with Gasteiger partial charge in [-0.15, -0.1) is 0 Å². The second-order valence-corrected chi connectivity index (χ2v) is 4.28. The Bertz CT molecular complexity index is 508. The van der Waals surface area contributed by atoms with Gasteiger partial charge in [-0.2, -0.15) is 0 Å². The van der Waals surface area contributed by atoms with E-state index in [1.807, 2.05) is 37.2 Å². The maximum absolute atomic E-state index is 13.0. The molecule has 0 aliphatic rings. The van der Waals surface area contributed by atoms with Gasteiger partial charge in [-0.25, -0.2) is 9.37 Å². The minimum atomic E-state index is -0.225. The van der Waals surface area contributed by atoms with Crippen molar-refractivity contribution < 1.29 is 4.39 Å². The van der Waals surface area contributed by atoms with Crippen LogP contribution in [-0.2, 0) is 6.54 Å². The molecule has 2 rings (SSSR count). The summed E-state index contributed by atoms with van der Waals surface area (Å²) < 4.78 is 13.0. The Morgan fingerprint density at radius 1 is 1.16 bits per heavy atom. The van der Waals surface area contributed by atoms with Crippen molar-refractivity contribution in [2.45, 2.75) is 13.5 Å². The molecule has 0 spiro atoms. The van der Waals surface area contributed by atoms with Crippen molar-refractivity contribution in [3.63, 3.8) is 0 Å². The van der Waals surface area contributed by atoms with E-state index >= 15 is 0 Å². The third-order valence-corrected chi connectivity index (χ3v) is 2.92. The Morgan fingerprint density at radius 3 is 2.42 bits per heavy atom. The molecule has 0 saturated carbocycles. The molecular formula is C15H18FN3. The molecule has 19 heavy (non-hydrogen) atoms. The fourth-order valence-corrected chi connectivity index (χ4v) is 1.98. The standard InChI is InChI=1S/C15H18FN3/c1-3-19(14-7-5-13(16)6-8-14)15-9-4-12(10-17-2)11-18-15/h4-9,11,17H,3,10H2,1-2H3. The summed E-state index contributed by atoms with van der Waals surface area (Å²) in [5.41, 5.74) is 2.08. The topological polar surface area (TPSA) is 28.2 Å². The molecule has 0 aliphatic carbocycles. The van der Waals surface area contributed by atoms with Crippen LogP contribution in [0.5, 0.6) is 0 Å². The van der Waals surface area contributed by atoms with E-state index in [4.69, 9.17) is 0 Å². The van der Waals surface area contributed by atoms with Crippen molar-refractivity contribution in [3.8, 4) is 0 Å². The third-order valence-electron chi connectivity index (χ3n) is 2.92. The predicted octanol–water partition coefficient (Wildman–Crippen LogP) is 3.10. The van der Waals surface area contributed by atoms with Crippen molar-refractivity contribution in [1.82, 2.24) is 10.3 Å². The lowest BCUT2D eigenvalue weighted by Gasteiger charge is -2.22. The Labute approximate surface area is 113 Å². The molecule has 0 saturated heterocycles. The SMILES string of the molecule is CCN(c1ccc(F)cc1)c1ccc(CNC)cn1. The molecule has 1 N–H and O–H groups in total. The quantitative estimate of drug-likeness (QED) is 0.894. The fraction of sp³-hybridized carbons (Fsp3) is 0.267. The maximum Gasteiger partial charge on any atom is 0.132 e. The van der Waals surface area contributed by atoms with E-state index in [0.717, 1.165) is 30.2 Å². The first-order valence-electron chi connectivity index (χ1n) is 6.37. The summed E-state index contributed by atoms with van der Waals surface area (Å²) in [6, 6.07) is 10.5. The number of pyridine rings is 1. The molecule has 2 aromatic rings. The molecule has 0 atom stereocenters. The molecule has 0 amide bonds. The van der Waals surface area contributed by atoms with Crippen LogP contribution in [0.2, 0.25) is 0 Å². The molecule has 4 heteroatoms. The van der Waals surface area contributed by atoms with Crippen molar-refractivity contribution in [1.29, 1.82) is 0 Å². The lowest BCUT2D eigenvalue weighted by molar-refractivity contribution is 0.628. The van der Waals surface area contributed by atoms with Crippen LogP contribution < -0.4 is 10.2 Å². The zero-order valence-electron chi connectivity index (χ0n) is 11.2. The number of halogens is 1. The van der Waals surface area contributed by atoms with Crippen LogP contribution in [0, 0.1) is 5.82 Å². The highest BCUT2D eigenvalue weighted by Gasteiger charge is 2.08. The number of hydrogen-bond acceptors (Lipinski definition) is 3. The van der Waals surface area contributed by atoms with Crippen LogP contribution in [0.4, 0.5) is 15.9 Å². The summed E-state index contributed by atoms with van der Waals surface area (Å²) in [4.78, 5) is 6.50. The normalized spacial score (nSPS) is 10.5. The van der Waals surface area contributed by atoms with Gasteiger partial charge in [-0.05, 0) is 49.9 Å². The molecule has 100 valence electrons. The molecule has 0 fully saturated rings. The highest BCUT2D eigenvalue weighted by Crippen LogP contribution is 2.23. The van der Waals surface area contributed by atoms with Crippen LogP contribution in [0.25, 0.3) is 0 Å². The zero-order valence-corrected chi connectivity index (χ0v) is 11.2. The van der Waals surface area contributed by atoms with Gasteiger partial charge in [0, 0.05) is 25.0 Å². The number of anilines is 2. The highest BCUT2D eigenvalue weighted by molar-refractivity contribution is 5.59. The second kappa shape index (κ2) is 6.29. The number of aromatic nitrogens is 1. The minimum absolute atomic E-state index is 0.225. The number of nitrogens with zero attached hydrogens (tertiary/aromatic N) is 2. The summed E-state index contributed by atoms with van der Waals surface area (Å²) >= 11 is 0. The van der Waals surface area contributed by atoms with Crippen molar-refractivity contribution >= 4 is 11.5 Å². The molecule has 3 nitrogen and oxygen atoms in total. The molecule has 0 unspecified atom stereocenters. The van der Waals surface area contributed by atoms with Gasteiger partial charge >= 0.3 is 0 Å². The van der Waals surface area contributed by atoms with Crippen LogP contribution in [0.15, 0.2) is 42.6 Å². The van der Waals surface area contributed by atoms with Gasteiger partial charge in [0.05, 0.1) is 0 Å².